The van der Waals surface area contributed by atoms with Crippen molar-refractivity contribution in [3.63, 3.8) is 0 Å². The van der Waals surface area contributed by atoms with Gasteiger partial charge in [0.2, 0.25) is 5.91 Å². The average molecular weight is 571 g/mol. The molecule has 2 aromatic heterocycles. The van der Waals surface area contributed by atoms with E-state index in [0.717, 1.165) is 25.7 Å². The van der Waals surface area contributed by atoms with Crippen molar-refractivity contribution in [2.24, 2.45) is 23.0 Å². The number of hydrogen-bond donors (Lipinski definition) is 2. The van der Waals surface area contributed by atoms with Crippen molar-refractivity contribution in [3.8, 4) is 0 Å². The van der Waals surface area contributed by atoms with Crippen LogP contribution >= 0.6 is 0 Å². The summed E-state index contributed by atoms with van der Waals surface area (Å²) in [7, 11) is -0.599. The summed E-state index contributed by atoms with van der Waals surface area (Å²) in [6.07, 6.45) is 10.2. The van der Waals surface area contributed by atoms with Crippen LogP contribution in [-0.4, -0.2) is 51.5 Å². The van der Waals surface area contributed by atoms with Crippen LogP contribution in [0.3, 0.4) is 0 Å². The number of hydrogen-bond acceptors (Lipinski definition) is 8. The third-order valence-electron chi connectivity index (χ3n) is 9.94. The predicted octanol–water partition coefficient (Wildman–Crippen LogP) is 3.67. The Labute approximate surface area is 246 Å². The van der Waals surface area contributed by atoms with Gasteiger partial charge in [-0.25, -0.2) is 9.97 Å². The molecule has 42 heavy (non-hydrogen) atoms. The molecule has 3 aromatic rings. The minimum Gasteiger partial charge on any atom is -0.448 e. The molecule has 3 N–H and O–H groups in total. The van der Waals surface area contributed by atoms with E-state index >= 15 is 0 Å². The summed E-state index contributed by atoms with van der Waals surface area (Å²) in [5.41, 5.74) is 6.79. The van der Waals surface area contributed by atoms with E-state index in [2.05, 4.69) is 53.2 Å². The van der Waals surface area contributed by atoms with Crippen LogP contribution in [0.15, 0.2) is 59.7 Å². The van der Waals surface area contributed by atoms with E-state index in [9.17, 15) is 9.59 Å². The normalized spacial score (nSPS) is 27.0. The van der Waals surface area contributed by atoms with Gasteiger partial charge in [-0.1, -0.05) is 44.2 Å². The molecule has 2 bridgehead atoms. The van der Waals surface area contributed by atoms with E-state index in [-0.39, 0.29) is 35.2 Å². The highest BCUT2D eigenvalue weighted by molar-refractivity contribution is 6.47. The lowest BCUT2D eigenvalue weighted by atomic mass is 9.43. The van der Waals surface area contributed by atoms with Gasteiger partial charge in [-0.3, -0.25) is 14.6 Å². The summed E-state index contributed by atoms with van der Waals surface area (Å²) in [5.74, 6) is -0.914. The summed E-state index contributed by atoms with van der Waals surface area (Å²) < 4.78 is 18.9. The molecule has 6 atom stereocenters. The number of nitrogens with one attached hydrogen (secondary N) is 1. The number of nitrogens with zero attached hydrogens (tertiary/aromatic N) is 3. The Bertz CT molecular complexity index is 1420. The Morgan fingerprint density at radius 2 is 1.93 bits per heavy atom. The Morgan fingerprint density at radius 3 is 2.64 bits per heavy atom. The van der Waals surface area contributed by atoms with E-state index in [1.54, 1.807) is 6.20 Å². The van der Waals surface area contributed by atoms with Gasteiger partial charge in [0.25, 0.3) is 5.91 Å². The van der Waals surface area contributed by atoms with Gasteiger partial charge < -0.3 is 24.8 Å². The predicted molar refractivity (Wildman–Crippen MR) is 155 cm³/mol. The molecular formula is C31H38BN5O5. The number of carbonyl (C=O) groups is 2. The Kier molecular flexibility index (Phi) is 7.65. The second kappa shape index (κ2) is 11.3. The first kappa shape index (κ1) is 28.5. The largest absolute Gasteiger partial charge is 0.481 e. The maximum absolute atomic E-state index is 14.1. The van der Waals surface area contributed by atoms with Crippen LogP contribution < -0.4 is 11.1 Å². The van der Waals surface area contributed by atoms with Crippen LogP contribution in [0.1, 0.15) is 79.9 Å². The molecule has 10 nitrogen and oxygen atoms in total. The van der Waals surface area contributed by atoms with Gasteiger partial charge in [0, 0.05) is 18.8 Å². The number of oxazole rings is 1. The zero-order valence-electron chi connectivity index (χ0n) is 24.4. The maximum atomic E-state index is 14.1. The second-order valence-electron chi connectivity index (χ2n) is 12.7. The van der Waals surface area contributed by atoms with Crippen LogP contribution in [0.5, 0.6) is 0 Å². The number of carbonyl (C=O) groups excluding carboxylic acids is 2. The van der Waals surface area contributed by atoms with Gasteiger partial charge in [0.1, 0.15) is 11.5 Å². The van der Waals surface area contributed by atoms with Crippen molar-refractivity contribution in [3.05, 3.63) is 78.0 Å². The number of primary amides is 1. The molecule has 3 aliphatic carbocycles. The molecule has 220 valence electrons. The van der Waals surface area contributed by atoms with Crippen molar-refractivity contribution in [2.45, 2.75) is 82.9 Å². The summed E-state index contributed by atoms with van der Waals surface area (Å²) in [5, 5.41) is 3.23. The third kappa shape index (κ3) is 5.24. The smallest absolute Gasteiger partial charge is 0.448 e. The monoisotopic (exact) mass is 571 g/mol. The van der Waals surface area contributed by atoms with E-state index in [4.69, 9.17) is 19.5 Å². The van der Waals surface area contributed by atoms with Crippen LogP contribution in [0.2, 0.25) is 0 Å². The van der Waals surface area contributed by atoms with E-state index in [0.29, 0.717) is 24.0 Å². The molecule has 11 heteroatoms. The molecule has 1 aromatic carbocycles. The lowest BCUT2D eigenvalue weighted by Gasteiger charge is -2.64. The molecule has 0 unspecified atom stereocenters. The number of aromatic nitrogens is 3. The third-order valence-corrected chi connectivity index (χ3v) is 9.94. The van der Waals surface area contributed by atoms with Crippen molar-refractivity contribution < 1.29 is 23.3 Å². The molecule has 2 amide bonds. The fourth-order valence-electron chi connectivity index (χ4n) is 7.45. The lowest BCUT2D eigenvalue weighted by Crippen LogP contribution is -2.65. The van der Waals surface area contributed by atoms with Crippen molar-refractivity contribution in [1.29, 1.82) is 0 Å². The zero-order valence-corrected chi connectivity index (χ0v) is 24.4. The van der Waals surface area contributed by atoms with Crippen LogP contribution in [0, 0.1) is 17.3 Å². The van der Waals surface area contributed by atoms with Gasteiger partial charge in [-0.2, -0.15) is 0 Å². The fraction of sp³-hybridized carbons (Fsp3) is 0.516. The van der Waals surface area contributed by atoms with Crippen molar-refractivity contribution in [2.75, 3.05) is 0 Å². The van der Waals surface area contributed by atoms with Gasteiger partial charge >= 0.3 is 7.12 Å². The molecule has 7 rings (SSSR count). The fourth-order valence-corrected chi connectivity index (χ4v) is 7.45. The van der Waals surface area contributed by atoms with Gasteiger partial charge in [0.05, 0.1) is 35.5 Å². The standard InChI is InChI=1S/C31H38BN5O5/c1-30(2)20-14-23(30)31(3)24(15-20)41-32(42-31)25(11-7-10-19-8-5-4-6-9-19)37-29(39)22(16-21-17-34-18-40-21)26-27(28(33)38)36-13-12-35-26/h4-6,8-9,12-13,17-18,20,22-25H,7,10-11,14-16H2,1-3H3,(H2,33,38)(H,37,39)/t20-,22-,23-,24+,25-,31-/m0/s1. The Balaban J connectivity index is 1.26. The van der Waals surface area contributed by atoms with Crippen LogP contribution in [-0.2, 0) is 26.9 Å². The summed E-state index contributed by atoms with van der Waals surface area (Å²) >= 11 is 0. The van der Waals surface area contributed by atoms with Crippen molar-refractivity contribution >= 4 is 18.9 Å². The molecular weight excluding hydrogens is 533 g/mol. The number of amides is 2. The van der Waals surface area contributed by atoms with Gasteiger partial charge in [0.15, 0.2) is 6.39 Å². The van der Waals surface area contributed by atoms with E-state index in [1.165, 1.54) is 24.4 Å². The number of nitrogens with two attached hydrogens (primary N) is 1. The minimum absolute atomic E-state index is 0.0146. The highest BCUT2D eigenvalue weighted by atomic mass is 16.7. The summed E-state index contributed by atoms with van der Waals surface area (Å²) in [6.45, 7) is 6.83. The van der Waals surface area contributed by atoms with Gasteiger partial charge in [-0.15, -0.1) is 0 Å². The SMILES string of the molecule is CC1(C)[C@@H]2C[C@H]3OB([C@H](CCCc4ccccc4)NC(=O)[C@@H](Cc4cnco4)c4nccnc4C(N)=O)O[C@@]3(C)[C@H]1C2. The van der Waals surface area contributed by atoms with Crippen LogP contribution in [0.25, 0.3) is 0 Å². The number of aryl methyl sites for hydroxylation is 1. The number of benzene rings is 1. The average Bonchev–Trinajstić information content (AvgIpc) is 3.62. The molecule has 3 heterocycles. The molecule has 1 aliphatic heterocycles. The molecule has 4 fully saturated rings. The maximum Gasteiger partial charge on any atom is 0.481 e. The zero-order chi connectivity index (χ0) is 29.5. The quantitative estimate of drug-likeness (QED) is 0.332. The first-order valence-electron chi connectivity index (χ1n) is 14.8. The van der Waals surface area contributed by atoms with E-state index in [1.807, 2.05) is 18.2 Å². The molecule has 3 saturated carbocycles. The summed E-state index contributed by atoms with van der Waals surface area (Å²) in [4.78, 5) is 38.8. The first-order chi connectivity index (χ1) is 20.2. The minimum atomic E-state index is -0.892. The molecule has 4 aliphatic rings. The molecule has 0 spiro atoms. The Morgan fingerprint density at radius 1 is 1.14 bits per heavy atom. The first-order valence-corrected chi connectivity index (χ1v) is 14.8. The highest BCUT2D eigenvalue weighted by Gasteiger charge is 2.68. The van der Waals surface area contributed by atoms with E-state index < -0.39 is 30.5 Å². The number of rotatable bonds is 11. The lowest BCUT2D eigenvalue weighted by molar-refractivity contribution is -0.199. The van der Waals surface area contributed by atoms with Crippen LogP contribution in [0.4, 0.5) is 0 Å². The Hall–Kier alpha value is -3.57. The summed E-state index contributed by atoms with van der Waals surface area (Å²) in [6, 6.07) is 10.3. The van der Waals surface area contributed by atoms with Crippen molar-refractivity contribution in [1.82, 2.24) is 20.3 Å². The highest BCUT2D eigenvalue weighted by Crippen LogP contribution is 2.65. The molecule has 1 saturated heterocycles. The topological polar surface area (TPSA) is 142 Å². The molecule has 0 radical (unpaired) electrons. The van der Waals surface area contributed by atoms with Gasteiger partial charge in [-0.05, 0) is 61.8 Å². The second-order valence-corrected chi connectivity index (χ2v) is 12.7.